The van der Waals surface area contributed by atoms with Crippen molar-refractivity contribution in [2.45, 2.75) is 18.9 Å². The first-order valence-corrected chi connectivity index (χ1v) is 6.59. The van der Waals surface area contributed by atoms with Crippen molar-refractivity contribution >= 4 is 23.1 Å². The molecule has 19 heavy (non-hydrogen) atoms. The second-order valence-electron chi connectivity index (χ2n) is 4.90. The van der Waals surface area contributed by atoms with Crippen LogP contribution in [0.2, 0.25) is 5.15 Å². The van der Waals surface area contributed by atoms with Crippen molar-refractivity contribution in [2.24, 2.45) is 0 Å². The fraction of sp³-hybridized carbons (Fsp3) is 0.583. The summed E-state index contributed by atoms with van der Waals surface area (Å²) in [7, 11) is 3.90. The molecule has 1 aromatic heterocycles. The lowest BCUT2D eigenvalue weighted by Crippen LogP contribution is -2.45. The molecular formula is C12H17ClN4O2. The standard InChI is InChI=1S/C12H17ClN4O2/c1-15-7-3-4-9(8-15)16(2)12-10(17(18)19)5-6-11(13)14-12/h5-6,9H,3-4,7-8H2,1-2H3. The van der Waals surface area contributed by atoms with Gasteiger partial charge in [-0.1, -0.05) is 11.6 Å². The van der Waals surface area contributed by atoms with E-state index < -0.39 is 4.92 Å². The molecule has 1 atom stereocenters. The van der Waals surface area contributed by atoms with Gasteiger partial charge in [0.1, 0.15) is 5.15 Å². The quantitative estimate of drug-likeness (QED) is 0.484. The van der Waals surface area contributed by atoms with Gasteiger partial charge in [0, 0.05) is 25.7 Å². The summed E-state index contributed by atoms with van der Waals surface area (Å²) in [6.07, 6.45) is 2.09. The maximum Gasteiger partial charge on any atom is 0.311 e. The molecular weight excluding hydrogens is 268 g/mol. The second-order valence-corrected chi connectivity index (χ2v) is 5.29. The Balaban J connectivity index is 2.29. The Morgan fingerprint density at radius 3 is 2.95 bits per heavy atom. The van der Waals surface area contributed by atoms with E-state index in [0.717, 1.165) is 25.9 Å². The molecule has 0 spiro atoms. The van der Waals surface area contributed by atoms with E-state index in [0.29, 0.717) is 5.82 Å². The van der Waals surface area contributed by atoms with Gasteiger partial charge in [-0.05, 0) is 32.5 Å². The Hall–Kier alpha value is -1.40. The molecule has 1 aromatic rings. The van der Waals surface area contributed by atoms with Crippen molar-refractivity contribution in [3.8, 4) is 0 Å². The number of halogens is 1. The fourth-order valence-electron chi connectivity index (χ4n) is 2.45. The zero-order valence-electron chi connectivity index (χ0n) is 11.0. The van der Waals surface area contributed by atoms with Crippen molar-refractivity contribution in [2.75, 3.05) is 32.1 Å². The summed E-state index contributed by atoms with van der Waals surface area (Å²) >= 11 is 5.86. The van der Waals surface area contributed by atoms with Crippen molar-refractivity contribution in [3.63, 3.8) is 0 Å². The highest BCUT2D eigenvalue weighted by molar-refractivity contribution is 6.29. The molecule has 1 saturated heterocycles. The maximum atomic E-state index is 11.1. The van der Waals surface area contributed by atoms with Crippen molar-refractivity contribution < 1.29 is 4.92 Å². The molecule has 0 amide bonds. The van der Waals surface area contributed by atoms with E-state index >= 15 is 0 Å². The summed E-state index contributed by atoms with van der Waals surface area (Å²) in [4.78, 5) is 18.9. The molecule has 2 rings (SSSR count). The van der Waals surface area contributed by atoms with E-state index in [1.165, 1.54) is 12.1 Å². The minimum atomic E-state index is -0.415. The first-order valence-electron chi connectivity index (χ1n) is 6.21. The van der Waals surface area contributed by atoms with Gasteiger partial charge in [0.15, 0.2) is 0 Å². The number of hydrogen-bond donors (Lipinski definition) is 0. The minimum absolute atomic E-state index is 0.000117. The molecule has 2 heterocycles. The molecule has 1 fully saturated rings. The summed E-state index contributed by atoms with van der Waals surface area (Å²) in [5.41, 5.74) is 0.000117. The number of nitrogens with zero attached hydrogens (tertiary/aromatic N) is 4. The van der Waals surface area contributed by atoms with E-state index in [-0.39, 0.29) is 16.9 Å². The molecule has 1 unspecified atom stereocenters. The summed E-state index contributed by atoms with van der Waals surface area (Å²) in [6, 6.07) is 3.08. The van der Waals surface area contributed by atoms with E-state index in [1.54, 1.807) is 0 Å². The van der Waals surface area contributed by atoms with Crippen LogP contribution in [0.25, 0.3) is 0 Å². The number of likely N-dealkylation sites (tertiary alicyclic amines) is 1. The Kier molecular flexibility index (Phi) is 4.21. The van der Waals surface area contributed by atoms with Gasteiger partial charge in [-0.15, -0.1) is 0 Å². The van der Waals surface area contributed by atoms with Gasteiger partial charge in [0.25, 0.3) is 0 Å². The zero-order chi connectivity index (χ0) is 14.0. The van der Waals surface area contributed by atoms with Crippen LogP contribution in [-0.2, 0) is 0 Å². The van der Waals surface area contributed by atoms with Crippen molar-refractivity contribution in [1.29, 1.82) is 0 Å². The fourth-order valence-corrected chi connectivity index (χ4v) is 2.59. The number of anilines is 1. The van der Waals surface area contributed by atoms with Gasteiger partial charge < -0.3 is 9.80 Å². The summed E-state index contributed by atoms with van der Waals surface area (Å²) in [5, 5.41) is 11.3. The Morgan fingerprint density at radius 1 is 1.58 bits per heavy atom. The predicted molar refractivity (Wildman–Crippen MR) is 74.8 cm³/mol. The average Bonchev–Trinajstić information content (AvgIpc) is 2.37. The molecule has 0 aliphatic carbocycles. The topological polar surface area (TPSA) is 62.5 Å². The Labute approximate surface area is 117 Å². The number of hydrogen-bond acceptors (Lipinski definition) is 5. The summed E-state index contributed by atoms with van der Waals surface area (Å²) < 4.78 is 0. The highest BCUT2D eigenvalue weighted by Crippen LogP contribution is 2.29. The molecule has 0 aromatic carbocycles. The number of piperidine rings is 1. The maximum absolute atomic E-state index is 11.1. The third kappa shape index (κ3) is 3.13. The third-order valence-corrected chi connectivity index (χ3v) is 3.71. The lowest BCUT2D eigenvalue weighted by atomic mass is 10.1. The van der Waals surface area contributed by atoms with Gasteiger partial charge in [-0.25, -0.2) is 4.98 Å². The highest BCUT2D eigenvalue weighted by Gasteiger charge is 2.27. The third-order valence-electron chi connectivity index (χ3n) is 3.50. The van der Waals surface area contributed by atoms with Crippen LogP contribution in [0.3, 0.4) is 0 Å². The lowest BCUT2D eigenvalue weighted by molar-refractivity contribution is -0.384. The van der Waals surface area contributed by atoms with E-state index in [2.05, 4.69) is 16.9 Å². The highest BCUT2D eigenvalue weighted by atomic mass is 35.5. The van der Waals surface area contributed by atoms with Gasteiger partial charge in [-0.2, -0.15) is 0 Å². The van der Waals surface area contributed by atoms with Crippen LogP contribution in [-0.4, -0.2) is 48.0 Å². The Morgan fingerprint density at radius 2 is 2.32 bits per heavy atom. The number of likely N-dealkylation sites (N-methyl/N-ethyl adjacent to an activating group) is 2. The van der Waals surface area contributed by atoms with E-state index in [9.17, 15) is 10.1 Å². The van der Waals surface area contributed by atoms with Crippen molar-refractivity contribution in [1.82, 2.24) is 9.88 Å². The van der Waals surface area contributed by atoms with Gasteiger partial charge >= 0.3 is 5.69 Å². The van der Waals surface area contributed by atoms with E-state index in [1.807, 2.05) is 11.9 Å². The van der Waals surface area contributed by atoms with Gasteiger partial charge in [-0.3, -0.25) is 10.1 Å². The normalized spacial score (nSPS) is 20.3. The van der Waals surface area contributed by atoms with Crippen molar-refractivity contribution in [3.05, 3.63) is 27.4 Å². The molecule has 0 radical (unpaired) electrons. The molecule has 7 heteroatoms. The lowest BCUT2D eigenvalue weighted by Gasteiger charge is -2.36. The van der Waals surface area contributed by atoms with Gasteiger partial charge in [0.2, 0.25) is 5.82 Å². The van der Waals surface area contributed by atoms with Crippen LogP contribution in [0.1, 0.15) is 12.8 Å². The monoisotopic (exact) mass is 284 g/mol. The van der Waals surface area contributed by atoms with Crippen LogP contribution in [0.5, 0.6) is 0 Å². The van der Waals surface area contributed by atoms with Gasteiger partial charge in [0.05, 0.1) is 4.92 Å². The molecule has 0 bridgehead atoms. The summed E-state index contributed by atoms with van der Waals surface area (Å²) in [5.74, 6) is 0.345. The molecule has 0 saturated carbocycles. The average molecular weight is 285 g/mol. The second kappa shape index (κ2) is 5.71. The van der Waals surface area contributed by atoms with Crippen LogP contribution >= 0.6 is 11.6 Å². The van der Waals surface area contributed by atoms with Crippen LogP contribution in [0.15, 0.2) is 12.1 Å². The SMILES string of the molecule is CN1CCCC(N(C)c2nc(Cl)ccc2[N+](=O)[O-])C1. The number of nitro groups is 1. The molecule has 104 valence electrons. The Bertz CT molecular complexity index is 483. The first kappa shape index (κ1) is 14.0. The molecule has 1 aliphatic rings. The molecule has 6 nitrogen and oxygen atoms in total. The molecule has 1 aliphatic heterocycles. The molecule has 0 N–H and O–H groups in total. The number of aromatic nitrogens is 1. The summed E-state index contributed by atoms with van der Waals surface area (Å²) in [6.45, 7) is 1.94. The largest absolute Gasteiger partial charge is 0.350 e. The zero-order valence-corrected chi connectivity index (χ0v) is 11.8. The number of pyridine rings is 1. The van der Waals surface area contributed by atoms with Crippen LogP contribution < -0.4 is 4.90 Å². The van der Waals surface area contributed by atoms with E-state index in [4.69, 9.17) is 11.6 Å². The predicted octanol–water partition coefficient (Wildman–Crippen LogP) is 2.17. The van der Waals surface area contributed by atoms with Crippen LogP contribution in [0.4, 0.5) is 11.5 Å². The van der Waals surface area contributed by atoms with Crippen LogP contribution in [0, 0.1) is 10.1 Å². The number of rotatable bonds is 3. The first-order chi connectivity index (χ1) is 8.99. The minimum Gasteiger partial charge on any atom is -0.350 e. The smallest absolute Gasteiger partial charge is 0.311 e.